The van der Waals surface area contributed by atoms with E-state index in [9.17, 15) is 4.79 Å². The Morgan fingerprint density at radius 3 is 2.67 bits per heavy atom. The summed E-state index contributed by atoms with van der Waals surface area (Å²) in [6.45, 7) is 0. The summed E-state index contributed by atoms with van der Waals surface area (Å²) in [6.07, 6.45) is 6.64. The molecule has 0 saturated heterocycles. The SMILES string of the molecule is C[n+]1ccc(C=C(C#N)C(=O)c2ccco2)cc1. The minimum absolute atomic E-state index is 0.0544. The van der Waals surface area contributed by atoms with Crippen LogP contribution in [-0.4, -0.2) is 5.78 Å². The van der Waals surface area contributed by atoms with Crippen molar-refractivity contribution in [3.05, 3.63) is 59.8 Å². The zero-order chi connectivity index (χ0) is 13.0. The number of carbonyl (C=O) groups is 1. The maximum absolute atomic E-state index is 11.9. The molecule has 0 fully saturated rings. The zero-order valence-electron chi connectivity index (χ0n) is 9.83. The van der Waals surface area contributed by atoms with Crippen LogP contribution < -0.4 is 4.57 Å². The molecule has 2 aromatic rings. The molecule has 0 aliphatic rings. The Balaban J connectivity index is 2.32. The van der Waals surface area contributed by atoms with E-state index in [-0.39, 0.29) is 11.3 Å². The highest BCUT2D eigenvalue weighted by Gasteiger charge is 2.14. The molecule has 0 aromatic carbocycles. The van der Waals surface area contributed by atoms with Crippen LogP contribution in [0.25, 0.3) is 6.08 Å². The molecule has 0 atom stereocenters. The van der Waals surface area contributed by atoms with E-state index in [0.29, 0.717) is 0 Å². The molecule has 4 heteroatoms. The molecule has 0 radical (unpaired) electrons. The Bertz CT molecular complexity index is 617. The van der Waals surface area contributed by atoms with E-state index < -0.39 is 5.78 Å². The second kappa shape index (κ2) is 5.11. The van der Waals surface area contributed by atoms with Crippen molar-refractivity contribution in [1.82, 2.24) is 0 Å². The lowest BCUT2D eigenvalue weighted by Gasteiger charge is -1.95. The molecular formula is C14H11N2O2+. The summed E-state index contributed by atoms with van der Waals surface area (Å²) in [4.78, 5) is 11.9. The van der Waals surface area contributed by atoms with Crippen molar-refractivity contribution in [2.45, 2.75) is 0 Å². The second-order valence-corrected chi connectivity index (χ2v) is 3.77. The van der Waals surface area contributed by atoms with Crippen LogP contribution >= 0.6 is 0 Å². The number of hydrogen-bond acceptors (Lipinski definition) is 3. The minimum Gasteiger partial charge on any atom is -0.461 e. The topological polar surface area (TPSA) is 57.9 Å². The van der Waals surface area contributed by atoms with Crippen molar-refractivity contribution in [2.75, 3.05) is 0 Å². The van der Waals surface area contributed by atoms with Crippen molar-refractivity contribution in [2.24, 2.45) is 7.05 Å². The fourth-order valence-corrected chi connectivity index (χ4v) is 1.46. The highest BCUT2D eigenvalue weighted by molar-refractivity contribution is 6.12. The van der Waals surface area contributed by atoms with E-state index in [0.717, 1.165) is 5.56 Å². The molecule has 2 heterocycles. The van der Waals surface area contributed by atoms with Crippen LogP contribution in [0.4, 0.5) is 0 Å². The average Bonchev–Trinajstić information content (AvgIpc) is 2.91. The third-order valence-corrected chi connectivity index (χ3v) is 2.43. The van der Waals surface area contributed by atoms with Crippen molar-refractivity contribution in [1.29, 1.82) is 5.26 Å². The standard InChI is InChI=1S/C14H11N2O2/c1-16-6-4-11(5-7-16)9-12(10-15)14(17)13-3-2-8-18-13/h2-9H,1H3/q+1. The lowest BCUT2D eigenvalue weighted by atomic mass is 10.1. The largest absolute Gasteiger partial charge is 0.461 e. The number of hydrogen-bond donors (Lipinski definition) is 0. The summed E-state index contributed by atoms with van der Waals surface area (Å²) in [6, 6.07) is 8.71. The van der Waals surface area contributed by atoms with E-state index in [2.05, 4.69) is 0 Å². The Morgan fingerprint density at radius 1 is 1.39 bits per heavy atom. The minimum atomic E-state index is -0.407. The van der Waals surface area contributed by atoms with Gasteiger partial charge in [0.25, 0.3) is 0 Å². The van der Waals surface area contributed by atoms with Crippen LogP contribution in [0.5, 0.6) is 0 Å². The summed E-state index contributed by atoms with van der Waals surface area (Å²) < 4.78 is 6.86. The van der Waals surface area contributed by atoms with Crippen molar-refractivity contribution < 1.29 is 13.8 Å². The number of allylic oxidation sites excluding steroid dienone is 1. The molecule has 2 rings (SSSR count). The van der Waals surface area contributed by atoms with Crippen molar-refractivity contribution >= 4 is 11.9 Å². The van der Waals surface area contributed by atoms with Gasteiger partial charge in [-0.15, -0.1) is 0 Å². The third-order valence-electron chi connectivity index (χ3n) is 2.43. The lowest BCUT2D eigenvalue weighted by molar-refractivity contribution is -0.671. The normalized spacial score (nSPS) is 11.0. The predicted octanol–water partition coefficient (Wildman–Crippen LogP) is 1.89. The maximum atomic E-state index is 11.9. The van der Waals surface area contributed by atoms with Gasteiger partial charge >= 0.3 is 0 Å². The van der Waals surface area contributed by atoms with Crippen molar-refractivity contribution in [3.63, 3.8) is 0 Å². The van der Waals surface area contributed by atoms with E-state index in [1.54, 1.807) is 18.2 Å². The number of carbonyl (C=O) groups excluding carboxylic acids is 1. The lowest BCUT2D eigenvalue weighted by Crippen LogP contribution is -2.25. The van der Waals surface area contributed by atoms with Gasteiger partial charge in [-0.3, -0.25) is 4.79 Å². The smallest absolute Gasteiger partial charge is 0.238 e. The number of nitrogens with zero attached hydrogens (tertiary/aromatic N) is 2. The van der Waals surface area contributed by atoms with Crippen LogP contribution in [-0.2, 0) is 7.05 Å². The summed E-state index contributed by atoms with van der Waals surface area (Å²) >= 11 is 0. The predicted molar refractivity (Wildman–Crippen MR) is 64.2 cm³/mol. The van der Waals surface area contributed by atoms with Crippen molar-refractivity contribution in [3.8, 4) is 6.07 Å². The quantitative estimate of drug-likeness (QED) is 0.356. The molecule has 0 spiro atoms. The first kappa shape index (κ1) is 11.8. The molecule has 4 nitrogen and oxygen atoms in total. The molecular weight excluding hydrogens is 228 g/mol. The zero-order valence-corrected chi connectivity index (χ0v) is 9.83. The van der Waals surface area contributed by atoms with Gasteiger partial charge < -0.3 is 4.42 Å². The molecule has 0 bridgehead atoms. The molecule has 0 saturated carbocycles. The molecule has 0 aliphatic carbocycles. The number of rotatable bonds is 3. The van der Waals surface area contributed by atoms with Gasteiger partial charge in [-0.2, -0.15) is 5.26 Å². The highest BCUT2D eigenvalue weighted by Crippen LogP contribution is 2.12. The number of nitriles is 1. The van der Waals surface area contributed by atoms with Gasteiger partial charge in [0.05, 0.1) is 6.26 Å². The Morgan fingerprint density at radius 2 is 2.11 bits per heavy atom. The molecule has 2 aromatic heterocycles. The van der Waals surface area contributed by atoms with Gasteiger partial charge in [0.15, 0.2) is 18.2 Å². The monoisotopic (exact) mass is 239 g/mol. The summed E-state index contributed by atoms with van der Waals surface area (Å²) in [7, 11) is 1.90. The van der Waals surface area contributed by atoms with Crippen LogP contribution in [0, 0.1) is 11.3 Å². The first-order valence-corrected chi connectivity index (χ1v) is 5.36. The van der Waals surface area contributed by atoms with E-state index >= 15 is 0 Å². The summed E-state index contributed by atoms with van der Waals surface area (Å²) in [5, 5.41) is 9.03. The van der Waals surface area contributed by atoms with Crippen LogP contribution in [0.1, 0.15) is 16.1 Å². The molecule has 0 unspecified atom stereocenters. The number of aryl methyl sites for hydroxylation is 1. The van der Waals surface area contributed by atoms with Gasteiger partial charge in [-0.25, -0.2) is 4.57 Å². The van der Waals surface area contributed by atoms with Crippen LogP contribution in [0.2, 0.25) is 0 Å². The van der Waals surface area contributed by atoms with Gasteiger partial charge in [-0.05, 0) is 23.8 Å². The number of aromatic nitrogens is 1. The highest BCUT2D eigenvalue weighted by atomic mass is 16.3. The number of ketones is 1. The summed E-state index contributed by atoms with van der Waals surface area (Å²) in [5.41, 5.74) is 0.850. The Hall–Kier alpha value is -2.67. The average molecular weight is 239 g/mol. The second-order valence-electron chi connectivity index (χ2n) is 3.77. The Labute approximate surface area is 104 Å². The number of pyridine rings is 1. The van der Waals surface area contributed by atoms with E-state index in [4.69, 9.17) is 9.68 Å². The molecule has 0 amide bonds. The molecule has 0 N–H and O–H groups in total. The van der Waals surface area contributed by atoms with Gasteiger partial charge in [0, 0.05) is 12.1 Å². The molecule has 88 valence electrons. The fourth-order valence-electron chi connectivity index (χ4n) is 1.46. The van der Waals surface area contributed by atoms with E-state index in [1.165, 1.54) is 6.26 Å². The van der Waals surface area contributed by atoms with Crippen LogP contribution in [0.3, 0.4) is 0 Å². The first-order valence-electron chi connectivity index (χ1n) is 5.36. The fraction of sp³-hybridized carbons (Fsp3) is 0.0714. The van der Waals surface area contributed by atoms with Crippen LogP contribution in [0.15, 0.2) is 52.9 Å². The first-order chi connectivity index (χ1) is 8.70. The van der Waals surface area contributed by atoms with Gasteiger partial charge in [-0.1, -0.05) is 0 Å². The molecule has 0 aliphatic heterocycles. The third kappa shape index (κ3) is 2.53. The molecule has 18 heavy (non-hydrogen) atoms. The van der Waals surface area contributed by atoms with Gasteiger partial charge in [0.1, 0.15) is 18.7 Å². The number of Topliss-reactive ketones (excluding diaryl/α,β-unsaturated/α-hetero) is 1. The Kier molecular flexibility index (Phi) is 3.35. The number of furan rings is 1. The van der Waals surface area contributed by atoms with Gasteiger partial charge in [0.2, 0.25) is 5.78 Å². The maximum Gasteiger partial charge on any atom is 0.238 e. The van der Waals surface area contributed by atoms with E-state index in [1.807, 2.05) is 42.2 Å². The summed E-state index contributed by atoms with van der Waals surface area (Å²) in [5.74, 6) is -0.236.